The summed E-state index contributed by atoms with van der Waals surface area (Å²) in [6.07, 6.45) is 1.36. The first-order chi connectivity index (χ1) is 16.1. The van der Waals surface area contributed by atoms with Crippen molar-refractivity contribution in [2.24, 2.45) is 0 Å². The molecule has 1 N–H and O–H groups in total. The Bertz CT molecular complexity index is 1160. The molecule has 0 heterocycles. The van der Waals surface area contributed by atoms with E-state index >= 15 is 0 Å². The molecule has 2 aromatic rings. The van der Waals surface area contributed by atoms with E-state index in [1.807, 2.05) is 58.9 Å². The zero-order valence-electron chi connectivity index (χ0n) is 20.9. The van der Waals surface area contributed by atoms with Gasteiger partial charge in [-0.15, -0.1) is 0 Å². The Morgan fingerprint density at radius 3 is 2.11 bits per heavy atom. The van der Waals surface area contributed by atoms with E-state index in [9.17, 15) is 18.0 Å². The van der Waals surface area contributed by atoms with Crippen LogP contribution in [0, 0.1) is 6.92 Å². The second-order valence-electron chi connectivity index (χ2n) is 9.54. The number of hydrogen-bond acceptors (Lipinski definition) is 4. The molecule has 35 heavy (non-hydrogen) atoms. The second-order valence-corrected chi connectivity index (χ2v) is 12.3. The van der Waals surface area contributed by atoms with Gasteiger partial charge in [0.25, 0.3) is 0 Å². The number of hydrogen-bond donors (Lipinski definition) is 1. The molecule has 1 atom stereocenters. The van der Waals surface area contributed by atoms with Crippen LogP contribution >= 0.6 is 23.2 Å². The summed E-state index contributed by atoms with van der Waals surface area (Å²) in [5, 5.41) is 3.36. The molecule has 0 aromatic heterocycles. The van der Waals surface area contributed by atoms with Crippen LogP contribution in [0.4, 0.5) is 5.69 Å². The van der Waals surface area contributed by atoms with Gasteiger partial charge in [-0.25, -0.2) is 8.42 Å². The predicted octanol–water partition coefficient (Wildman–Crippen LogP) is 4.79. The summed E-state index contributed by atoms with van der Waals surface area (Å²) < 4.78 is 26.3. The van der Waals surface area contributed by atoms with Gasteiger partial charge in [0.15, 0.2) is 0 Å². The smallest absolute Gasteiger partial charge is 0.244 e. The average Bonchev–Trinajstić information content (AvgIpc) is 2.73. The Morgan fingerprint density at radius 2 is 1.63 bits per heavy atom. The Balaban J connectivity index is 2.47. The molecule has 0 fully saturated rings. The Morgan fingerprint density at radius 1 is 1.03 bits per heavy atom. The third-order valence-corrected chi connectivity index (χ3v) is 7.11. The molecular weight excluding hydrogens is 509 g/mol. The van der Waals surface area contributed by atoms with E-state index in [0.29, 0.717) is 6.42 Å². The summed E-state index contributed by atoms with van der Waals surface area (Å²) in [5.41, 5.74) is 1.60. The SMILES string of the molecule is CC[C@H](C(=O)NC(C)(C)C)N(Cc1ccc(C)cc1)C(=O)CN(c1ccc(Cl)c(Cl)c1)S(C)(=O)=O. The Hall–Kier alpha value is -2.29. The van der Waals surface area contributed by atoms with Gasteiger partial charge in [0.1, 0.15) is 12.6 Å². The topological polar surface area (TPSA) is 86.8 Å². The largest absolute Gasteiger partial charge is 0.350 e. The Labute approximate surface area is 218 Å². The lowest BCUT2D eigenvalue weighted by Crippen LogP contribution is -2.55. The summed E-state index contributed by atoms with van der Waals surface area (Å²) in [4.78, 5) is 28.2. The van der Waals surface area contributed by atoms with Gasteiger partial charge < -0.3 is 10.2 Å². The van der Waals surface area contributed by atoms with Crippen LogP contribution in [0.5, 0.6) is 0 Å². The number of rotatable bonds is 9. The quantitative estimate of drug-likeness (QED) is 0.494. The van der Waals surface area contributed by atoms with Crippen LogP contribution in [0.3, 0.4) is 0 Å². The van der Waals surface area contributed by atoms with Gasteiger partial charge >= 0.3 is 0 Å². The van der Waals surface area contributed by atoms with E-state index in [4.69, 9.17) is 23.2 Å². The van der Waals surface area contributed by atoms with Gasteiger partial charge in [-0.05, 0) is 57.9 Å². The number of carbonyl (C=O) groups excluding carboxylic acids is 2. The first kappa shape index (κ1) is 28.9. The maximum atomic E-state index is 13.6. The minimum absolute atomic E-state index is 0.147. The zero-order valence-corrected chi connectivity index (χ0v) is 23.3. The van der Waals surface area contributed by atoms with Crippen LogP contribution in [0.15, 0.2) is 42.5 Å². The number of benzene rings is 2. The number of aryl methyl sites for hydroxylation is 1. The van der Waals surface area contributed by atoms with Crippen molar-refractivity contribution in [2.75, 3.05) is 17.1 Å². The van der Waals surface area contributed by atoms with Crippen molar-refractivity contribution in [3.8, 4) is 0 Å². The van der Waals surface area contributed by atoms with Crippen LogP contribution in [0.25, 0.3) is 0 Å². The van der Waals surface area contributed by atoms with E-state index in [2.05, 4.69) is 5.32 Å². The minimum Gasteiger partial charge on any atom is -0.350 e. The summed E-state index contributed by atoms with van der Waals surface area (Å²) in [5.74, 6) is -0.820. The lowest BCUT2D eigenvalue weighted by molar-refractivity contribution is -0.141. The maximum absolute atomic E-state index is 13.6. The number of nitrogens with one attached hydrogen (secondary N) is 1. The first-order valence-corrected chi connectivity index (χ1v) is 13.8. The summed E-state index contributed by atoms with van der Waals surface area (Å²) in [7, 11) is -3.85. The van der Waals surface area contributed by atoms with Gasteiger partial charge in [0, 0.05) is 12.1 Å². The fourth-order valence-electron chi connectivity index (χ4n) is 3.52. The van der Waals surface area contributed by atoms with Gasteiger partial charge in [0.05, 0.1) is 22.0 Å². The summed E-state index contributed by atoms with van der Waals surface area (Å²) in [6.45, 7) is 9.00. The van der Waals surface area contributed by atoms with E-state index in [-0.39, 0.29) is 28.2 Å². The molecular formula is C25H33Cl2N3O4S. The highest BCUT2D eigenvalue weighted by molar-refractivity contribution is 7.92. The van der Waals surface area contributed by atoms with Crippen LogP contribution < -0.4 is 9.62 Å². The third-order valence-electron chi connectivity index (χ3n) is 5.23. The van der Waals surface area contributed by atoms with E-state index in [1.54, 1.807) is 0 Å². The van der Waals surface area contributed by atoms with Crippen molar-refractivity contribution >= 4 is 50.7 Å². The standard InChI is InChI=1S/C25H33Cl2N3O4S/c1-7-22(24(32)28-25(3,4)5)29(15-18-10-8-17(2)9-11-18)23(31)16-30(35(6,33)34)19-12-13-20(26)21(27)14-19/h8-14,22H,7,15-16H2,1-6H3,(H,28,32)/t22-/m1/s1. The predicted molar refractivity (Wildman–Crippen MR) is 142 cm³/mol. The molecule has 2 rings (SSSR count). The maximum Gasteiger partial charge on any atom is 0.244 e. The number of halogens is 2. The number of carbonyl (C=O) groups is 2. The highest BCUT2D eigenvalue weighted by Crippen LogP contribution is 2.28. The highest BCUT2D eigenvalue weighted by atomic mass is 35.5. The minimum atomic E-state index is -3.85. The Kier molecular flexibility index (Phi) is 9.62. The van der Waals surface area contributed by atoms with Crippen LogP contribution in [-0.2, 0) is 26.2 Å². The van der Waals surface area contributed by atoms with Crippen LogP contribution in [0.1, 0.15) is 45.2 Å². The van der Waals surface area contributed by atoms with Crippen molar-refractivity contribution in [3.63, 3.8) is 0 Å². The number of anilines is 1. The first-order valence-electron chi connectivity index (χ1n) is 11.2. The summed E-state index contributed by atoms with van der Waals surface area (Å²) >= 11 is 12.1. The number of amides is 2. The molecule has 7 nitrogen and oxygen atoms in total. The molecule has 0 saturated carbocycles. The van der Waals surface area contributed by atoms with E-state index < -0.39 is 34.1 Å². The molecule has 0 aliphatic rings. The van der Waals surface area contributed by atoms with Crippen molar-refractivity contribution in [2.45, 2.75) is 59.2 Å². The molecule has 192 valence electrons. The molecule has 0 saturated heterocycles. The lowest BCUT2D eigenvalue weighted by Gasteiger charge is -2.34. The number of sulfonamides is 1. The molecule has 0 aliphatic carbocycles. The molecule has 2 aromatic carbocycles. The molecule has 0 radical (unpaired) electrons. The van der Waals surface area contributed by atoms with Crippen molar-refractivity contribution in [3.05, 3.63) is 63.6 Å². The van der Waals surface area contributed by atoms with Crippen LogP contribution in [-0.4, -0.2) is 49.5 Å². The zero-order chi connectivity index (χ0) is 26.6. The highest BCUT2D eigenvalue weighted by Gasteiger charge is 2.33. The molecule has 2 amide bonds. The average molecular weight is 543 g/mol. The lowest BCUT2D eigenvalue weighted by atomic mass is 10.1. The second kappa shape index (κ2) is 11.6. The van der Waals surface area contributed by atoms with E-state index in [1.165, 1.54) is 23.1 Å². The van der Waals surface area contributed by atoms with Gasteiger partial charge in [-0.3, -0.25) is 13.9 Å². The fourth-order valence-corrected chi connectivity index (χ4v) is 4.65. The molecule has 0 aliphatic heterocycles. The van der Waals surface area contributed by atoms with Gasteiger partial charge in [0.2, 0.25) is 21.8 Å². The molecule has 0 spiro atoms. The van der Waals surface area contributed by atoms with Crippen molar-refractivity contribution in [1.29, 1.82) is 0 Å². The molecule has 10 heteroatoms. The molecule has 0 bridgehead atoms. The monoisotopic (exact) mass is 541 g/mol. The van der Waals surface area contributed by atoms with E-state index in [0.717, 1.165) is 21.7 Å². The normalized spacial score (nSPS) is 12.7. The number of nitrogens with zero attached hydrogens (tertiary/aromatic N) is 2. The fraction of sp³-hybridized carbons (Fsp3) is 0.440. The third kappa shape index (κ3) is 8.40. The van der Waals surface area contributed by atoms with Crippen molar-refractivity contribution < 1.29 is 18.0 Å². The van der Waals surface area contributed by atoms with Crippen LogP contribution in [0.2, 0.25) is 10.0 Å². The van der Waals surface area contributed by atoms with Gasteiger partial charge in [-0.2, -0.15) is 0 Å². The van der Waals surface area contributed by atoms with Gasteiger partial charge in [-0.1, -0.05) is 60.0 Å². The molecule has 0 unspecified atom stereocenters. The van der Waals surface area contributed by atoms with Crippen molar-refractivity contribution in [1.82, 2.24) is 10.2 Å². The summed E-state index contributed by atoms with van der Waals surface area (Å²) in [6, 6.07) is 11.2.